The monoisotopic (exact) mass is 386 g/mol. The van der Waals surface area contributed by atoms with Crippen LogP contribution in [0.25, 0.3) is 0 Å². The maximum absolute atomic E-state index is 13.8. The van der Waals surface area contributed by atoms with Crippen molar-refractivity contribution >= 4 is 17.8 Å². The van der Waals surface area contributed by atoms with Crippen LogP contribution in [0, 0.1) is 5.82 Å². The molecule has 0 saturated carbocycles. The number of hydrogen-bond acceptors (Lipinski definition) is 7. The molecule has 0 aliphatic carbocycles. The van der Waals surface area contributed by atoms with E-state index < -0.39 is 11.7 Å². The minimum atomic E-state index is -0.553. The smallest absolute Gasteiger partial charge is 0.254 e. The molecule has 3 heterocycles. The van der Waals surface area contributed by atoms with Gasteiger partial charge in [0.05, 0.1) is 25.3 Å². The molecule has 2 saturated heterocycles. The number of halogens is 1. The van der Waals surface area contributed by atoms with E-state index in [1.807, 2.05) is 0 Å². The molecule has 0 unspecified atom stereocenters. The lowest BCUT2D eigenvalue weighted by Gasteiger charge is -2.28. The molecule has 0 radical (unpaired) electrons. The predicted molar refractivity (Wildman–Crippen MR) is 102 cm³/mol. The highest BCUT2D eigenvalue weighted by atomic mass is 19.1. The molecular formula is C19H23FN6O2. The van der Waals surface area contributed by atoms with E-state index in [1.54, 1.807) is 12.1 Å². The average molecular weight is 386 g/mol. The van der Waals surface area contributed by atoms with Crippen LogP contribution in [0.1, 0.15) is 29.0 Å². The van der Waals surface area contributed by atoms with E-state index in [9.17, 15) is 9.18 Å². The SMILES string of the molecule is O=C(NCc1nc(N2CCCC2)nc(N2CCOCC2)n1)c1ccccc1F. The van der Waals surface area contributed by atoms with Gasteiger partial charge in [-0.05, 0) is 25.0 Å². The summed E-state index contributed by atoms with van der Waals surface area (Å²) < 4.78 is 19.2. The van der Waals surface area contributed by atoms with Crippen LogP contribution in [0.4, 0.5) is 16.3 Å². The van der Waals surface area contributed by atoms with Crippen LogP contribution in [0.15, 0.2) is 24.3 Å². The quantitative estimate of drug-likeness (QED) is 0.831. The number of hydrogen-bond donors (Lipinski definition) is 1. The Labute approximate surface area is 162 Å². The minimum Gasteiger partial charge on any atom is -0.378 e. The molecule has 0 atom stereocenters. The summed E-state index contributed by atoms with van der Waals surface area (Å²) >= 11 is 0. The lowest BCUT2D eigenvalue weighted by atomic mass is 10.2. The van der Waals surface area contributed by atoms with Gasteiger partial charge in [0.2, 0.25) is 11.9 Å². The van der Waals surface area contributed by atoms with Gasteiger partial charge in [0.15, 0.2) is 5.82 Å². The van der Waals surface area contributed by atoms with Crippen LogP contribution in [-0.2, 0) is 11.3 Å². The Bertz CT molecular complexity index is 837. The van der Waals surface area contributed by atoms with E-state index in [4.69, 9.17) is 4.74 Å². The molecule has 2 aliphatic rings. The molecule has 2 aromatic rings. The van der Waals surface area contributed by atoms with Gasteiger partial charge in [-0.2, -0.15) is 15.0 Å². The fourth-order valence-electron chi connectivity index (χ4n) is 3.34. The van der Waals surface area contributed by atoms with Gasteiger partial charge in [-0.15, -0.1) is 0 Å². The molecular weight excluding hydrogens is 363 g/mol. The fourth-order valence-corrected chi connectivity index (χ4v) is 3.34. The van der Waals surface area contributed by atoms with Gasteiger partial charge in [0.1, 0.15) is 5.82 Å². The van der Waals surface area contributed by atoms with Crippen molar-refractivity contribution in [2.24, 2.45) is 0 Å². The third-order valence-corrected chi connectivity index (χ3v) is 4.87. The first-order valence-electron chi connectivity index (χ1n) is 9.56. The van der Waals surface area contributed by atoms with Crippen molar-refractivity contribution in [1.29, 1.82) is 0 Å². The van der Waals surface area contributed by atoms with Crippen LogP contribution >= 0.6 is 0 Å². The van der Waals surface area contributed by atoms with Crippen molar-refractivity contribution in [3.63, 3.8) is 0 Å². The van der Waals surface area contributed by atoms with E-state index in [0.29, 0.717) is 44.0 Å². The highest BCUT2D eigenvalue weighted by molar-refractivity contribution is 5.94. The van der Waals surface area contributed by atoms with Crippen molar-refractivity contribution in [2.45, 2.75) is 19.4 Å². The van der Waals surface area contributed by atoms with Crippen molar-refractivity contribution in [2.75, 3.05) is 49.2 Å². The Morgan fingerprint density at radius 2 is 1.64 bits per heavy atom. The summed E-state index contributed by atoms with van der Waals surface area (Å²) in [6.07, 6.45) is 2.22. The number of benzene rings is 1. The largest absolute Gasteiger partial charge is 0.378 e. The first-order valence-corrected chi connectivity index (χ1v) is 9.56. The lowest BCUT2D eigenvalue weighted by Crippen LogP contribution is -2.38. The summed E-state index contributed by atoms with van der Waals surface area (Å²) in [5.41, 5.74) is 0.00438. The molecule has 28 heavy (non-hydrogen) atoms. The van der Waals surface area contributed by atoms with E-state index >= 15 is 0 Å². The normalized spacial score (nSPS) is 17.0. The molecule has 1 amide bonds. The van der Waals surface area contributed by atoms with Gasteiger partial charge in [0.25, 0.3) is 5.91 Å². The number of rotatable bonds is 5. The number of nitrogens with one attached hydrogen (secondary N) is 1. The van der Waals surface area contributed by atoms with Gasteiger partial charge in [-0.1, -0.05) is 12.1 Å². The van der Waals surface area contributed by atoms with Gasteiger partial charge in [0, 0.05) is 26.2 Å². The highest BCUT2D eigenvalue weighted by Crippen LogP contribution is 2.19. The summed E-state index contributed by atoms with van der Waals surface area (Å²) in [5.74, 6) is 0.638. The number of nitrogens with zero attached hydrogens (tertiary/aromatic N) is 5. The maximum Gasteiger partial charge on any atom is 0.254 e. The minimum absolute atomic E-state index is 0.00438. The molecule has 0 spiro atoms. The van der Waals surface area contributed by atoms with Crippen molar-refractivity contribution in [3.8, 4) is 0 Å². The number of morpholine rings is 1. The maximum atomic E-state index is 13.8. The van der Waals surface area contributed by atoms with Gasteiger partial charge >= 0.3 is 0 Å². The number of amides is 1. The zero-order valence-corrected chi connectivity index (χ0v) is 15.6. The number of carbonyl (C=O) groups excluding carboxylic acids is 1. The number of aromatic nitrogens is 3. The summed E-state index contributed by atoms with van der Waals surface area (Å²) in [6, 6.07) is 5.89. The molecule has 4 rings (SSSR count). The molecule has 9 heteroatoms. The first-order chi connectivity index (χ1) is 13.7. The van der Waals surface area contributed by atoms with Crippen molar-refractivity contribution < 1.29 is 13.9 Å². The number of anilines is 2. The second-order valence-corrected chi connectivity index (χ2v) is 6.81. The third-order valence-electron chi connectivity index (χ3n) is 4.87. The lowest BCUT2D eigenvalue weighted by molar-refractivity contribution is 0.0946. The predicted octanol–water partition coefficient (Wildman–Crippen LogP) is 1.38. The Morgan fingerprint density at radius 1 is 1.00 bits per heavy atom. The average Bonchev–Trinajstić information content (AvgIpc) is 3.28. The second kappa shape index (κ2) is 8.47. The van der Waals surface area contributed by atoms with E-state index in [1.165, 1.54) is 12.1 Å². The Hall–Kier alpha value is -2.81. The van der Waals surface area contributed by atoms with Crippen LogP contribution in [0.2, 0.25) is 0 Å². The molecule has 1 aromatic carbocycles. The van der Waals surface area contributed by atoms with Crippen molar-refractivity contribution in [3.05, 3.63) is 41.5 Å². The summed E-state index contributed by atoms with van der Waals surface area (Å²) in [6.45, 7) is 4.61. The highest BCUT2D eigenvalue weighted by Gasteiger charge is 2.21. The number of ether oxygens (including phenoxy) is 1. The van der Waals surface area contributed by atoms with Crippen molar-refractivity contribution in [1.82, 2.24) is 20.3 Å². The zero-order valence-electron chi connectivity index (χ0n) is 15.6. The standard InChI is InChI=1S/C19H23FN6O2/c20-15-6-2-1-5-14(15)17(27)21-13-16-22-18(25-7-3-4-8-25)24-19(23-16)26-9-11-28-12-10-26/h1-2,5-6H,3-4,7-13H2,(H,21,27). The van der Waals surface area contributed by atoms with Crippen LogP contribution in [0.5, 0.6) is 0 Å². The summed E-state index contributed by atoms with van der Waals surface area (Å²) in [5, 5.41) is 2.71. The number of carbonyl (C=O) groups is 1. The molecule has 2 fully saturated rings. The fraction of sp³-hybridized carbons (Fsp3) is 0.474. The van der Waals surface area contributed by atoms with E-state index in [-0.39, 0.29) is 12.1 Å². The molecule has 1 aromatic heterocycles. The molecule has 8 nitrogen and oxygen atoms in total. The third kappa shape index (κ3) is 4.19. The zero-order chi connectivity index (χ0) is 19.3. The van der Waals surface area contributed by atoms with Crippen LogP contribution < -0.4 is 15.1 Å². The second-order valence-electron chi connectivity index (χ2n) is 6.81. The van der Waals surface area contributed by atoms with Crippen LogP contribution in [0.3, 0.4) is 0 Å². The summed E-state index contributed by atoms with van der Waals surface area (Å²) in [4.78, 5) is 30.2. The Balaban J connectivity index is 1.54. The van der Waals surface area contributed by atoms with E-state index in [2.05, 4.69) is 30.1 Å². The van der Waals surface area contributed by atoms with Gasteiger partial charge in [-0.25, -0.2) is 4.39 Å². The Morgan fingerprint density at radius 3 is 2.32 bits per heavy atom. The first kappa shape index (κ1) is 18.5. The molecule has 0 bridgehead atoms. The van der Waals surface area contributed by atoms with Gasteiger partial charge in [-0.3, -0.25) is 4.79 Å². The van der Waals surface area contributed by atoms with Crippen LogP contribution in [-0.4, -0.2) is 60.3 Å². The molecule has 1 N–H and O–H groups in total. The van der Waals surface area contributed by atoms with Gasteiger partial charge < -0.3 is 19.9 Å². The molecule has 2 aliphatic heterocycles. The summed E-state index contributed by atoms with van der Waals surface area (Å²) in [7, 11) is 0. The Kier molecular flexibility index (Phi) is 5.61. The topological polar surface area (TPSA) is 83.5 Å². The molecule has 148 valence electrons. The van der Waals surface area contributed by atoms with E-state index in [0.717, 1.165) is 25.9 Å².